The van der Waals surface area contributed by atoms with Crippen molar-refractivity contribution in [3.05, 3.63) is 35.1 Å². The van der Waals surface area contributed by atoms with E-state index >= 15 is 0 Å². The Bertz CT molecular complexity index is 823. The zero-order chi connectivity index (χ0) is 20.8. The van der Waals surface area contributed by atoms with Crippen molar-refractivity contribution < 1.29 is 9.53 Å². The Labute approximate surface area is 182 Å². The second-order valence-electron chi connectivity index (χ2n) is 7.35. The normalized spacial score (nSPS) is 15.9. The summed E-state index contributed by atoms with van der Waals surface area (Å²) in [5.41, 5.74) is 0. The van der Waals surface area contributed by atoms with Crippen LogP contribution >= 0.6 is 23.4 Å². The SMILES string of the molecule is CCN(C(=O)C(C)Sc1nnc(COc2ccccc2Cl)n1C)C1CCCCC1. The molecule has 158 valence electrons. The molecule has 0 aliphatic heterocycles. The summed E-state index contributed by atoms with van der Waals surface area (Å²) in [5, 5.41) is 9.55. The summed E-state index contributed by atoms with van der Waals surface area (Å²) in [7, 11) is 1.89. The summed E-state index contributed by atoms with van der Waals surface area (Å²) in [6, 6.07) is 7.71. The van der Waals surface area contributed by atoms with Crippen LogP contribution in [0.25, 0.3) is 0 Å². The summed E-state index contributed by atoms with van der Waals surface area (Å²) in [4.78, 5) is 15.1. The molecule has 1 unspecified atom stereocenters. The molecule has 29 heavy (non-hydrogen) atoms. The third-order valence-electron chi connectivity index (χ3n) is 5.39. The summed E-state index contributed by atoms with van der Waals surface area (Å²) in [6.45, 7) is 5.03. The predicted octanol–water partition coefficient (Wildman–Crippen LogP) is 4.71. The summed E-state index contributed by atoms with van der Waals surface area (Å²) < 4.78 is 7.64. The van der Waals surface area contributed by atoms with Gasteiger partial charge in [-0.05, 0) is 38.8 Å². The molecule has 1 aromatic heterocycles. The van der Waals surface area contributed by atoms with Crippen molar-refractivity contribution in [2.24, 2.45) is 7.05 Å². The Morgan fingerprint density at radius 2 is 2.03 bits per heavy atom. The molecule has 0 spiro atoms. The third-order valence-corrected chi connectivity index (χ3v) is 6.82. The van der Waals surface area contributed by atoms with E-state index in [1.807, 2.05) is 36.7 Å². The highest BCUT2D eigenvalue weighted by Crippen LogP contribution is 2.28. The fraction of sp³-hybridized carbons (Fsp3) is 0.571. The summed E-state index contributed by atoms with van der Waals surface area (Å²) in [5.74, 6) is 1.48. The van der Waals surface area contributed by atoms with E-state index in [2.05, 4.69) is 22.0 Å². The summed E-state index contributed by atoms with van der Waals surface area (Å²) in [6.07, 6.45) is 5.95. The molecule has 1 aliphatic rings. The van der Waals surface area contributed by atoms with Crippen molar-refractivity contribution in [2.45, 2.75) is 69.0 Å². The Kier molecular flexibility index (Phi) is 7.84. The molecule has 1 saturated carbocycles. The van der Waals surface area contributed by atoms with E-state index < -0.39 is 0 Å². The van der Waals surface area contributed by atoms with Gasteiger partial charge in [0.2, 0.25) is 5.91 Å². The van der Waals surface area contributed by atoms with Crippen molar-refractivity contribution in [1.29, 1.82) is 0 Å². The van der Waals surface area contributed by atoms with Crippen LogP contribution in [0, 0.1) is 0 Å². The Balaban J connectivity index is 1.61. The first-order valence-electron chi connectivity index (χ1n) is 10.2. The van der Waals surface area contributed by atoms with E-state index in [9.17, 15) is 4.79 Å². The number of para-hydroxylation sites is 1. The minimum atomic E-state index is -0.211. The number of benzene rings is 1. The van der Waals surface area contributed by atoms with Crippen LogP contribution in [-0.2, 0) is 18.4 Å². The van der Waals surface area contributed by atoms with Crippen molar-refractivity contribution in [1.82, 2.24) is 19.7 Å². The average molecular weight is 437 g/mol. The molecular formula is C21H29ClN4O2S. The lowest BCUT2D eigenvalue weighted by molar-refractivity contribution is -0.133. The zero-order valence-corrected chi connectivity index (χ0v) is 18.9. The molecular weight excluding hydrogens is 408 g/mol. The van der Waals surface area contributed by atoms with Gasteiger partial charge >= 0.3 is 0 Å². The molecule has 1 amide bonds. The van der Waals surface area contributed by atoms with Gasteiger partial charge in [-0.25, -0.2) is 0 Å². The van der Waals surface area contributed by atoms with Gasteiger partial charge < -0.3 is 14.2 Å². The van der Waals surface area contributed by atoms with Crippen LogP contribution < -0.4 is 4.74 Å². The van der Waals surface area contributed by atoms with Gasteiger partial charge in [0.25, 0.3) is 0 Å². The van der Waals surface area contributed by atoms with Gasteiger partial charge in [0.15, 0.2) is 11.0 Å². The first-order valence-corrected chi connectivity index (χ1v) is 11.5. The number of rotatable bonds is 8. The van der Waals surface area contributed by atoms with Gasteiger partial charge in [-0.3, -0.25) is 4.79 Å². The number of thioether (sulfide) groups is 1. The van der Waals surface area contributed by atoms with E-state index in [1.54, 1.807) is 6.07 Å². The number of nitrogens with zero attached hydrogens (tertiary/aromatic N) is 4. The fourth-order valence-corrected chi connectivity index (χ4v) is 4.80. The molecule has 2 aromatic rings. The van der Waals surface area contributed by atoms with Gasteiger partial charge in [-0.15, -0.1) is 10.2 Å². The van der Waals surface area contributed by atoms with Crippen LogP contribution in [0.5, 0.6) is 5.75 Å². The molecule has 0 N–H and O–H groups in total. The third kappa shape index (κ3) is 5.45. The molecule has 1 heterocycles. The van der Waals surface area contributed by atoms with E-state index in [0.717, 1.165) is 19.4 Å². The molecule has 0 bridgehead atoms. The monoisotopic (exact) mass is 436 g/mol. The molecule has 1 fully saturated rings. The summed E-state index contributed by atoms with van der Waals surface area (Å²) >= 11 is 7.58. The first kappa shape index (κ1) is 22.0. The Morgan fingerprint density at radius 3 is 2.72 bits per heavy atom. The second-order valence-corrected chi connectivity index (χ2v) is 9.07. The maximum Gasteiger partial charge on any atom is 0.236 e. The standard InChI is InChI=1S/C21H29ClN4O2S/c1-4-26(16-10-6-5-7-11-16)20(27)15(2)29-21-24-23-19(25(21)3)14-28-18-13-9-8-12-17(18)22/h8-9,12-13,15-16H,4-7,10-11,14H2,1-3H3. The molecule has 3 rings (SSSR count). The zero-order valence-electron chi connectivity index (χ0n) is 17.3. The highest BCUT2D eigenvalue weighted by atomic mass is 35.5. The molecule has 1 aromatic carbocycles. The predicted molar refractivity (Wildman–Crippen MR) is 116 cm³/mol. The minimum Gasteiger partial charge on any atom is -0.484 e. The number of amides is 1. The molecule has 6 nitrogen and oxygen atoms in total. The molecule has 0 saturated heterocycles. The Hall–Kier alpha value is -1.73. The van der Waals surface area contributed by atoms with Gasteiger partial charge in [0, 0.05) is 19.6 Å². The number of hydrogen-bond acceptors (Lipinski definition) is 5. The van der Waals surface area contributed by atoms with Crippen LogP contribution in [0.2, 0.25) is 5.02 Å². The largest absolute Gasteiger partial charge is 0.484 e. The second kappa shape index (κ2) is 10.3. The van der Waals surface area contributed by atoms with Crippen LogP contribution in [0.3, 0.4) is 0 Å². The molecule has 1 aliphatic carbocycles. The van der Waals surface area contributed by atoms with Crippen LogP contribution in [0.4, 0.5) is 0 Å². The van der Waals surface area contributed by atoms with Crippen LogP contribution in [0.15, 0.2) is 29.4 Å². The van der Waals surface area contributed by atoms with E-state index in [4.69, 9.17) is 16.3 Å². The molecule has 1 atom stereocenters. The first-order chi connectivity index (χ1) is 14.0. The lowest BCUT2D eigenvalue weighted by atomic mass is 9.94. The van der Waals surface area contributed by atoms with Crippen molar-refractivity contribution >= 4 is 29.3 Å². The van der Waals surface area contributed by atoms with Gasteiger partial charge in [0.1, 0.15) is 12.4 Å². The lowest BCUT2D eigenvalue weighted by Crippen LogP contribution is -2.44. The maximum atomic E-state index is 13.1. The van der Waals surface area contributed by atoms with Crippen molar-refractivity contribution in [3.63, 3.8) is 0 Å². The van der Waals surface area contributed by atoms with Gasteiger partial charge in [0.05, 0.1) is 10.3 Å². The number of ether oxygens (including phenoxy) is 1. The van der Waals surface area contributed by atoms with Crippen LogP contribution in [0.1, 0.15) is 51.8 Å². The smallest absolute Gasteiger partial charge is 0.236 e. The maximum absolute atomic E-state index is 13.1. The number of halogens is 1. The minimum absolute atomic E-state index is 0.182. The van der Waals surface area contributed by atoms with Crippen LogP contribution in [-0.4, -0.2) is 43.4 Å². The lowest BCUT2D eigenvalue weighted by Gasteiger charge is -2.35. The number of aromatic nitrogens is 3. The van der Waals surface area contributed by atoms with E-state index in [-0.39, 0.29) is 17.8 Å². The highest BCUT2D eigenvalue weighted by Gasteiger charge is 2.29. The van der Waals surface area contributed by atoms with E-state index in [1.165, 1.54) is 31.0 Å². The van der Waals surface area contributed by atoms with Gasteiger partial charge in [-0.1, -0.05) is 54.8 Å². The topological polar surface area (TPSA) is 60.3 Å². The number of carbonyl (C=O) groups excluding carboxylic acids is 1. The Morgan fingerprint density at radius 1 is 1.31 bits per heavy atom. The fourth-order valence-electron chi connectivity index (χ4n) is 3.71. The molecule has 0 radical (unpaired) electrons. The quantitative estimate of drug-likeness (QED) is 0.561. The van der Waals surface area contributed by atoms with Crippen molar-refractivity contribution in [2.75, 3.05) is 6.54 Å². The number of carbonyl (C=O) groups is 1. The number of hydrogen-bond donors (Lipinski definition) is 0. The molecule has 8 heteroatoms. The van der Waals surface area contributed by atoms with Gasteiger partial charge in [-0.2, -0.15) is 0 Å². The van der Waals surface area contributed by atoms with E-state index in [0.29, 0.717) is 27.8 Å². The highest BCUT2D eigenvalue weighted by molar-refractivity contribution is 8.00. The van der Waals surface area contributed by atoms with Crippen molar-refractivity contribution in [3.8, 4) is 5.75 Å². The average Bonchev–Trinajstić information content (AvgIpc) is 3.08.